The summed E-state index contributed by atoms with van der Waals surface area (Å²) >= 11 is 5.89. The highest BCUT2D eigenvalue weighted by atomic mass is 35.5. The van der Waals surface area contributed by atoms with Gasteiger partial charge in [-0.15, -0.1) is 0 Å². The van der Waals surface area contributed by atoms with Crippen LogP contribution in [0.1, 0.15) is 32.3 Å². The Balaban J connectivity index is 1.88. The highest BCUT2D eigenvalue weighted by Gasteiger charge is 2.38. The minimum absolute atomic E-state index is 0.0857. The zero-order valence-electron chi connectivity index (χ0n) is 12.1. The van der Waals surface area contributed by atoms with Gasteiger partial charge in [0.15, 0.2) is 0 Å². The van der Waals surface area contributed by atoms with E-state index in [1.54, 1.807) is 0 Å². The summed E-state index contributed by atoms with van der Waals surface area (Å²) in [7, 11) is 0. The third-order valence-electron chi connectivity index (χ3n) is 3.99. The van der Waals surface area contributed by atoms with Crippen molar-refractivity contribution < 1.29 is 9.53 Å². The normalized spacial score (nSPS) is 26.2. The Morgan fingerprint density at radius 3 is 2.70 bits per heavy atom. The van der Waals surface area contributed by atoms with Gasteiger partial charge in [0.05, 0.1) is 12.0 Å². The fourth-order valence-corrected chi connectivity index (χ4v) is 2.74. The first kappa shape index (κ1) is 15.3. The number of piperidine rings is 1. The molecular weight excluding hydrogens is 274 g/mol. The second-order valence-corrected chi connectivity index (χ2v) is 6.16. The third-order valence-corrected chi connectivity index (χ3v) is 4.24. The molecule has 4 heteroatoms. The average Bonchev–Trinajstić information content (AvgIpc) is 2.44. The van der Waals surface area contributed by atoms with Gasteiger partial charge in [0.1, 0.15) is 0 Å². The summed E-state index contributed by atoms with van der Waals surface area (Å²) in [5, 5.41) is 4.24. The molecule has 0 spiro atoms. The van der Waals surface area contributed by atoms with Crippen molar-refractivity contribution in [3.8, 4) is 0 Å². The van der Waals surface area contributed by atoms with Crippen LogP contribution in [0.2, 0.25) is 5.02 Å². The van der Waals surface area contributed by atoms with Crippen molar-refractivity contribution in [3.05, 3.63) is 34.9 Å². The molecule has 0 saturated carbocycles. The molecule has 1 N–H and O–H groups in total. The van der Waals surface area contributed by atoms with Gasteiger partial charge < -0.3 is 10.1 Å². The molecule has 0 radical (unpaired) electrons. The van der Waals surface area contributed by atoms with Crippen LogP contribution in [-0.4, -0.2) is 25.2 Å². The van der Waals surface area contributed by atoms with Crippen molar-refractivity contribution in [2.24, 2.45) is 5.41 Å². The molecule has 0 aromatic heterocycles. The molecule has 2 atom stereocenters. The summed E-state index contributed by atoms with van der Waals surface area (Å²) in [4.78, 5) is 11.9. The van der Waals surface area contributed by atoms with Gasteiger partial charge >= 0.3 is 5.97 Å². The van der Waals surface area contributed by atoms with Crippen LogP contribution in [0, 0.1) is 5.41 Å². The van der Waals surface area contributed by atoms with Crippen molar-refractivity contribution in [2.45, 2.75) is 39.2 Å². The predicted octanol–water partition coefficient (Wildman–Crippen LogP) is 3.20. The topological polar surface area (TPSA) is 38.3 Å². The maximum atomic E-state index is 11.9. The molecular formula is C16H22ClNO2. The summed E-state index contributed by atoms with van der Waals surface area (Å²) in [6.07, 6.45) is 2.82. The van der Waals surface area contributed by atoms with E-state index < -0.39 is 0 Å². The zero-order valence-corrected chi connectivity index (χ0v) is 12.9. The third kappa shape index (κ3) is 3.74. The van der Waals surface area contributed by atoms with Gasteiger partial charge in [-0.1, -0.05) is 23.7 Å². The van der Waals surface area contributed by atoms with E-state index in [9.17, 15) is 4.79 Å². The van der Waals surface area contributed by atoms with E-state index in [0.717, 1.165) is 24.3 Å². The number of hydrogen-bond acceptors (Lipinski definition) is 3. The van der Waals surface area contributed by atoms with Crippen LogP contribution < -0.4 is 5.32 Å². The van der Waals surface area contributed by atoms with Crippen LogP contribution in [0.5, 0.6) is 0 Å². The molecule has 1 aliphatic heterocycles. The lowest BCUT2D eigenvalue weighted by Crippen LogP contribution is -2.49. The highest BCUT2D eigenvalue weighted by molar-refractivity contribution is 6.30. The second-order valence-electron chi connectivity index (χ2n) is 5.73. The van der Waals surface area contributed by atoms with E-state index in [2.05, 4.69) is 17.4 Å². The van der Waals surface area contributed by atoms with E-state index >= 15 is 0 Å². The molecule has 3 nitrogen and oxygen atoms in total. The number of carbonyl (C=O) groups excluding carboxylic acids is 1. The standard InChI is InChI=1S/C16H22ClNO2/c1-3-20-15(19)16(2)9-8-14(18-11-16)10-12-4-6-13(17)7-5-12/h4-7,14,18H,3,8-11H2,1-2H3/t14-,16?/m1/s1. The van der Waals surface area contributed by atoms with Crippen molar-refractivity contribution in [1.82, 2.24) is 5.32 Å². The van der Waals surface area contributed by atoms with E-state index in [0.29, 0.717) is 19.2 Å². The van der Waals surface area contributed by atoms with Gasteiger partial charge in [0, 0.05) is 17.6 Å². The van der Waals surface area contributed by atoms with Gasteiger partial charge in [-0.25, -0.2) is 0 Å². The summed E-state index contributed by atoms with van der Waals surface area (Å²) < 4.78 is 5.16. The Morgan fingerprint density at radius 1 is 1.45 bits per heavy atom. The van der Waals surface area contributed by atoms with Crippen molar-refractivity contribution >= 4 is 17.6 Å². The van der Waals surface area contributed by atoms with E-state index in [1.807, 2.05) is 26.0 Å². The molecule has 1 aromatic rings. The van der Waals surface area contributed by atoms with Crippen molar-refractivity contribution in [1.29, 1.82) is 0 Å². The van der Waals surface area contributed by atoms with Gasteiger partial charge in [-0.3, -0.25) is 4.79 Å². The molecule has 0 bridgehead atoms. The van der Waals surface area contributed by atoms with Gasteiger partial charge in [-0.05, 0) is 50.8 Å². The average molecular weight is 296 g/mol. The Kier molecular flexibility index (Phi) is 5.06. The summed E-state index contributed by atoms with van der Waals surface area (Å²) in [5.41, 5.74) is 0.888. The van der Waals surface area contributed by atoms with E-state index in [1.165, 1.54) is 5.56 Å². The molecule has 0 amide bonds. The number of esters is 1. The molecule has 110 valence electrons. The fourth-order valence-electron chi connectivity index (χ4n) is 2.61. The number of ether oxygens (including phenoxy) is 1. The Morgan fingerprint density at radius 2 is 2.15 bits per heavy atom. The van der Waals surface area contributed by atoms with Crippen LogP contribution in [0.15, 0.2) is 24.3 Å². The first-order valence-electron chi connectivity index (χ1n) is 7.18. The van der Waals surface area contributed by atoms with Crippen LogP contribution in [0.3, 0.4) is 0 Å². The molecule has 1 aliphatic rings. The molecule has 0 aliphatic carbocycles. The number of hydrogen-bond donors (Lipinski definition) is 1. The molecule has 1 heterocycles. The van der Waals surface area contributed by atoms with Gasteiger partial charge in [0.2, 0.25) is 0 Å². The molecule has 20 heavy (non-hydrogen) atoms. The molecule has 2 rings (SSSR count). The number of benzene rings is 1. The minimum Gasteiger partial charge on any atom is -0.466 e. The SMILES string of the molecule is CCOC(=O)C1(C)CC[C@H](Cc2ccc(Cl)cc2)NC1. The Bertz CT molecular complexity index is 450. The largest absolute Gasteiger partial charge is 0.466 e. The number of halogens is 1. The monoisotopic (exact) mass is 295 g/mol. The number of nitrogens with one attached hydrogen (secondary N) is 1. The predicted molar refractivity (Wildman–Crippen MR) is 80.9 cm³/mol. The summed E-state index contributed by atoms with van der Waals surface area (Å²) in [6.45, 7) is 4.96. The van der Waals surface area contributed by atoms with Gasteiger partial charge in [-0.2, -0.15) is 0 Å². The smallest absolute Gasteiger partial charge is 0.313 e. The Hall–Kier alpha value is -1.06. The second kappa shape index (κ2) is 6.59. The van der Waals surface area contributed by atoms with E-state index in [-0.39, 0.29) is 11.4 Å². The lowest BCUT2D eigenvalue weighted by Gasteiger charge is -2.36. The van der Waals surface area contributed by atoms with Crippen molar-refractivity contribution in [3.63, 3.8) is 0 Å². The molecule has 1 fully saturated rings. The lowest BCUT2D eigenvalue weighted by molar-refractivity contribution is -0.155. The van der Waals surface area contributed by atoms with Crippen LogP contribution in [-0.2, 0) is 16.0 Å². The van der Waals surface area contributed by atoms with E-state index in [4.69, 9.17) is 16.3 Å². The van der Waals surface area contributed by atoms with Crippen LogP contribution in [0.25, 0.3) is 0 Å². The number of carbonyl (C=O) groups is 1. The van der Waals surface area contributed by atoms with Gasteiger partial charge in [0.25, 0.3) is 0 Å². The Labute approximate surface area is 125 Å². The lowest BCUT2D eigenvalue weighted by atomic mass is 9.79. The maximum absolute atomic E-state index is 11.9. The first-order valence-corrected chi connectivity index (χ1v) is 7.56. The quantitative estimate of drug-likeness (QED) is 0.867. The molecule has 1 aromatic carbocycles. The minimum atomic E-state index is -0.382. The van der Waals surface area contributed by atoms with Crippen molar-refractivity contribution in [2.75, 3.05) is 13.2 Å². The zero-order chi connectivity index (χ0) is 14.6. The summed E-state index contributed by atoms with van der Waals surface area (Å²) in [5.74, 6) is -0.0857. The summed E-state index contributed by atoms with van der Waals surface area (Å²) in [6, 6.07) is 8.37. The molecule has 1 saturated heterocycles. The maximum Gasteiger partial charge on any atom is 0.313 e. The van der Waals surface area contributed by atoms with Crippen LogP contribution >= 0.6 is 11.6 Å². The fraction of sp³-hybridized carbons (Fsp3) is 0.562. The highest BCUT2D eigenvalue weighted by Crippen LogP contribution is 2.30. The van der Waals surface area contributed by atoms with Crippen LogP contribution in [0.4, 0.5) is 0 Å². The first-order chi connectivity index (χ1) is 9.53. The number of rotatable bonds is 4. The molecule has 1 unspecified atom stereocenters.